The van der Waals surface area contributed by atoms with Crippen LogP contribution in [0.15, 0.2) is 24.3 Å². The third-order valence-corrected chi connectivity index (χ3v) is 5.27. The molecule has 1 unspecified atom stereocenters. The maximum atomic E-state index is 12.4. The third kappa shape index (κ3) is 3.12. The summed E-state index contributed by atoms with van der Waals surface area (Å²) in [6, 6.07) is 6.52. The van der Waals surface area contributed by atoms with Gasteiger partial charge in [0.1, 0.15) is 0 Å². The van der Waals surface area contributed by atoms with E-state index in [9.17, 15) is 26.9 Å². The summed E-state index contributed by atoms with van der Waals surface area (Å²) in [4.78, 5) is 0. The molecule has 0 amide bonds. The molecule has 1 fully saturated rings. The minimum Gasteiger partial charge on any atom is -0.229 e. The van der Waals surface area contributed by atoms with E-state index in [1.54, 1.807) is 0 Å². The Labute approximate surface area is 114 Å². The van der Waals surface area contributed by atoms with E-state index in [-0.39, 0.29) is 24.3 Å². The number of nitrogens with zero attached hydrogens (tertiary/aromatic N) is 1. The topological polar surface area (TPSA) is 57.9 Å². The van der Waals surface area contributed by atoms with Crippen molar-refractivity contribution in [3.8, 4) is 6.07 Å². The molecule has 0 radical (unpaired) electrons. The van der Waals surface area contributed by atoms with E-state index < -0.39 is 27.0 Å². The summed E-state index contributed by atoms with van der Waals surface area (Å²) in [7, 11) is -3.22. The van der Waals surface area contributed by atoms with Crippen LogP contribution in [0.3, 0.4) is 0 Å². The molecule has 1 aliphatic heterocycles. The zero-order valence-electron chi connectivity index (χ0n) is 10.4. The van der Waals surface area contributed by atoms with E-state index in [4.69, 9.17) is 0 Å². The number of sulfone groups is 1. The van der Waals surface area contributed by atoms with E-state index in [0.29, 0.717) is 5.56 Å². The number of rotatable bonds is 2. The second-order valence-electron chi connectivity index (χ2n) is 5.11. The van der Waals surface area contributed by atoms with Gasteiger partial charge in [-0.15, -0.1) is 0 Å². The number of hydrogen-bond acceptors (Lipinski definition) is 3. The summed E-state index contributed by atoms with van der Waals surface area (Å²) in [5, 5.41) is 9.20. The molecular formula is C13H12F3NO2S. The molecule has 0 bridgehead atoms. The predicted octanol–water partition coefficient (Wildman–Crippen LogP) is 2.58. The first-order chi connectivity index (χ1) is 9.16. The lowest BCUT2D eigenvalue weighted by atomic mass is 9.82. The third-order valence-electron chi connectivity index (χ3n) is 3.45. The summed E-state index contributed by atoms with van der Waals surface area (Å²) in [6.45, 7) is 0. The fourth-order valence-corrected chi connectivity index (χ4v) is 4.38. The van der Waals surface area contributed by atoms with Crippen molar-refractivity contribution in [3.63, 3.8) is 0 Å². The van der Waals surface area contributed by atoms with Gasteiger partial charge in [-0.1, -0.05) is 12.1 Å². The first kappa shape index (κ1) is 14.9. The number of alkyl halides is 3. The fourth-order valence-electron chi connectivity index (χ4n) is 2.39. The number of nitriles is 1. The lowest BCUT2D eigenvalue weighted by Gasteiger charge is -2.18. The molecule has 0 N–H and O–H groups in total. The molecule has 1 aromatic rings. The lowest BCUT2D eigenvalue weighted by Crippen LogP contribution is -2.23. The second kappa shape index (κ2) is 4.77. The molecule has 0 saturated carbocycles. The molecule has 108 valence electrons. The lowest BCUT2D eigenvalue weighted by molar-refractivity contribution is -0.137. The zero-order valence-corrected chi connectivity index (χ0v) is 11.3. The van der Waals surface area contributed by atoms with E-state index in [1.165, 1.54) is 12.1 Å². The van der Waals surface area contributed by atoms with Crippen LogP contribution in [0, 0.1) is 16.7 Å². The number of benzene rings is 1. The smallest absolute Gasteiger partial charge is 0.229 e. The van der Waals surface area contributed by atoms with Crippen LogP contribution in [0.4, 0.5) is 13.2 Å². The fraction of sp³-hybridized carbons (Fsp3) is 0.462. The Balaban J connectivity index is 2.20. The van der Waals surface area contributed by atoms with Gasteiger partial charge >= 0.3 is 6.18 Å². The highest BCUT2D eigenvalue weighted by molar-refractivity contribution is 7.91. The summed E-state index contributed by atoms with van der Waals surface area (Å²) in [6.07, 6.45) is -4.02. The van der Waals surface area contributed by atoms with Crippen LogP contribution in [-0.4, -0.2) is 19.9 Å². The van der Waals surface area contributed by atoms with Gasteiger partial charge in [-0.2, -0.15) is 18.4 Å². The Hall–Kier alpha value is -1.55. The van der Waals surface area contributed by atoms with E-state index in [1.807, 2.05) is 6.07 Å². The maximum Gasteiger partial charge on any atom is 0.416 e. The van der Waals surface area contributed by atoms with Crippen molar-refractivity contribution < 1.29 is 21.6 Å². The van der Waals surface area contributed by atoms with Crippen LogP contribution >= 0.6 is 0 Å². The van der Waals surface area contributed by atoms with Crippen LogP contribution in [-0.2, 0) is 22.4 Å². The molecule has 1 atom stereocenters. The van der Waals surface area contributed by atoms with Gasteiger partial charge < -0.3 is 0 Å². The minimum atomic E-state index is -4.40. The van der Waals surface area contributed by atoms with Gasteiger partial charge in [0.05, 0.1) is 28.6 Å². The van der Waals surface area contributed by atoms with Gasteiger partial charge in [0, 0.05) is 0 Å². The van der Waals surface area contributed by atoms with Crippen molar-refractivity contribution in [1.82, 2.24) is 0 Å². The van der Waals surface area contributed by atoms with Gasteiger partial charge in [0.15, 0.2) is 9.84 Å². The molecule has 7 heteroatoms. The summed E-state index contributed by atoms with van der Waals surface area (Å²) in [5.41, 5.74) is -1.23. The Morgan fingerprint density at radius 3 is 2.25 bits per heavy atom. The van der Waals surface area contributed by atoms with Crippen molar-refractivity contribution >= 4 is 9.84 Å². The molecule has 0 spiro atoms. The molecule has 2 rings (SSSR count). The molecule has 1 aromatic carbocycles. The van der Waals surface area contributed by atoms with Crippen molar-refractivity contribution in [3.05, 3.63) is 35.4 Å². The van der Waals surface area contributed by atoms with Crippen LogP contribution in [0.1, 0.15) is 17.5 Å². The quantitative estimate of drug-likeness (QED) is 0.843. The molecule has 20 heavy (non-hydrogen) atoms. The van der Waals surface area contributed by atoms with Crippen LogP contribution in [0.5, 0.6) is 0 Å². The summed E-state index contributed by atoms with van der Waals surface area (Å²) >= 11 is 0. The summed E-state index contributed by atoms with van der Waals surface area (Å²) < 4.78 is 60.3. The minimum absolute atomic E-state index is 0.0405. The average Bonchev–Trinajstić information content (AvgIpc) is 2.65. The van der Waals surface area contributed by atoms with Crippen molar-refractivity contribution in [2.45, 2.75) is 19.0 Å². The van der Waals surface area contributed by atoms with Crippen LogP contribution in [0.2, 0.25) is 0 Å². The van der Waals surface area contributed by atoms with Crippen LogP contribution < -0.4 is 0 Å². The highest BCUT2D eigenvalue weighted by Crippen LogP contribution is 2.36. The number of halogens is 3. The Kier molecular flexibility index (Phi) is 3.54. The first-order valence-corrected chi connectivity index (χ1v) is 7.76. The van der Waals surface area contributed by atoms with E-state index in [0.717, 1.165) is 12.1 Å². The van der Waals surface area contributed by atoms with Gasteiger partial charge in [0.25, 0.3) is 0 Å². The molecule has 1 aliphatic rings. The number of hydrogen-bond donors (Lipinski definition) is 0. The Morgan fingerprint density at radius 2 is 1.85 bits per heavy atom. The van der Waals surface area contributed by atoms with Gasteiger partial charge in [0.2, 0.25) is 0 Å². The average molecular weight is 303 g/mol. The largest absolute Gasteiger partial charge is 0.416 e. The Bertz CT molecular complexity index is 644. The normalized spacial score (nSPS) is 25.3. The van der Waals surface area contributed by atoms with Crippen LogP contribution in [0.25, 0.3) is 0 Å². The van der Waals surface area contributed by atoms with Gasteiger partial charge in [-0.3, -0.25) is 0 Å². The monoisotopic (exact) mass is 303 g/mol. The molecule has 0 aromatic heterocycles. The summed E-state index contributed by atoms with van der Waals surface area (Å²) in [5.74, 6) is -0.265. The standard InChI is InChI=1S/C13H12F3NO2S/c14-13(15,16)11-3-1-10(2-4-11)7-12(8-17)5-6-20(18,19)9-12/h1-4H,5-7,9H2. The van der Waals surface area contributed by atoms with Gasteiger partial charge in [-0.05, 0) is 30.5 Å². The SMILES string of the molecule is N#CC1(Cc2ccc(C(F)(F)F)cc2)CCS(=O)(=O)C1. The molecule has 1 heterocycles. The maximum absolute atomic E-state index is 12.4. The predicted molar refractivity (Wildman–Crippen MR) is 66.5 cm³/mol. The second-order valence-corrected chi connectivity index (χ2v) is 7.29. The van der Waals surface area contributed by atoms with E-state index in [2.05, 4.69) is 0 Å². The molecular weight excluding hydrogens is 291 g/mol. The zero-order chi connectivity index (χ0) is 15.0. The van der Waals surface area contributed by atoms with Crippen molar-refractivity contribution in [2.75, 3.05) is 11.5 Å². The van der Waals surface area contributed by atoms with Crippen molar-refractivity contribution in [2.24, 2.45) is 5.41 Å². The van der Waals surface area contributed by atoms with Gasteiger partial charge in [-0.25, -0.2) is 8.42 Å². The molecule has 0 aliphatic carbocycles. The highest BCUT2D eigenvalue weighted by Gasteiger charge is 2.42. The molecule has 1 saturated heterocycles. The Morgan fingerprint density at radius 1 is 1.25 bits per heavy atom. The van der Waals surface area contributed by atoms with E-state index >= 15 is 0 Å². The van der Waals surface area contributed by atoms with Crippen molar-refractivity contribution in [1.29, 1.82) is 5.26 Å². The highest BCUT2D eigenvalue weighted by atomic mass is 32.2. The molecule has 3 nitrogen and oxygen atoms in total. The first-order valence-electron chi connectivity index (χ1n) is 5.94.